The summed E-state index contributed by atoms with van der Waals surface area (Å²) >= 11 is 0. The van der Waals surface area contributed by atoms with Crippen LogP contribution in [0.25, 0.3) is 17.0 Å². The Morgan fingerprint density at radius 2 is 2.05 bits per heavy atom. The predicted molar refractivity (Wildman–Crippen MR) is 73.1 cm³/mol. The van der Waals surface area contributed by atoms with Crippen LogP contribution in [-0.2, 0) is 14.3 Å². The summed E-state index contributed by atoms with van der Waals surface area (Å²) in [6.45, 7) is 1.25. The number of methoxy groups -OCH3 is 1. The number of rotatable bonds is 3. The smallest absolute Gasteiger partial charge is 0.348 e. The average Bonchev–Trinajstić information content (AvgIpc) is 2.81. The Morgan fingerprint density at radius 3 is 2.67 bits per heavy atom. The first kappa shape index (κ1) is 14.3. The van der Waals surface area contributed by atoms with Crippen molar-refractivity contribution >= 4 is 29.0 Å². The van der Waals surface area contributed by atoms with E-state index in [1.54, 1.807) is 30.3 Å². The van der Waals surface area contributed by atoms with Crippen LogP contribution >= 0.6 is 0 Å². The van der Waals surface area contributed by atoms with E-state index in [0.717, 1.165) is 0 Å². The third kappa shape index (κ3) is 2.92. The highest BCUT2D eigenvalue weighted by Crippen LogP contribution is 2.34. The summed E-state index contributed by atoms with van der Waals surface area (Å²) in [4.78, 5) is 22.6. The summed E-state index contributed by atoms with van der Waals surface area (Å²) in [5.74, 6) is -1.07. The van der Waals surface area contributed by atoms with Crippen LogP contribution in [0.15, 0.2) is 34.3 Å². The molecular weight excluding hydrogens is 274 g/mol. The average molecular weight is 285 g/mol. The summed E-state index contributed by atoms with van der Waals surface area (Å²) in [7, 11) is 1.17. The normalized spacial score (nSPS) is 11.0. The van der Waals surface area contributed by atoms with Crippen molar-refractivity contribution in [3.05, 3.63) is 35.6 Å². The number of nitrogens with zero attached hydrogens (tertiary/aromatic N) is 1. The third-order valence-electron chi connectivity index (χ3n) is 2.62. The van der Waals surface area contributed by atoms with Crippen molar-refractivity contribution in [1.82, 2.24) is 0 Å². The number of furan rings is 1. The van der Waals surface area contributed by atoms with Gasteiger partial charge < -0.3 is 13.9 Å². The van der Waals surface area contributed by atoms with Gasteiger partial charge in [0.1, 0.15) is 17.2 Å². The van der Waals surface area contributed by atoms with Gasteiger partial charge in [0, 0.05) is 13.0 Å². The number of carbonyl (C=O) groups is 2. The van der Waals surface area contributed by atoms with Gasteiger partial charge in [-0.05, 0) is 12.1 Å². The van der Waals surface area contributed by atoms with Crippen LogP contribution in [0.3, 0.4) is 0 Å². The zero-order chi connectivity index (χ0) is 15.4. The predicted octanol–water partition coefficient (Wildman–Crippen LogP) is 2.44. The first-order valence-electron chi connectivity index (χ1n) is 5.97. The Kier molecular flexibility index (Phi) is 4.05. The van der Waals surface area contributed by atoms with Gasteiger partial charge in [-0.3, -0.25) is 4.79 Å². The van der Waals surface area contributed by atoms with E-state index in [2.05, 4.69) is 4.74 Å². The Bertz CT molecular complexity index is 779. The summed E-state index contributed by atoms with van der Waals surface area (Å²) in [6, 6.07) is 8.61. The Labute approximate surface area is 120 Å². The second-order valence-electron chi connectivity index (χ2n) is 4.05. The Hall–Kier alpha value is -3.07. The molecule has 0 bridgehead atoms. The standard InChI is InChI=1S/C15H11NO5/c1-9(17)20-14-11-5-3-4-6-12(11)21-13(14)7-10(8-16)15(18)19-2/h3-7H,1-2H3/b10-7+. The van der Waals surface area contributed by atoms with Crippen molar-refractivity contribution < 1.29 is 23.5 Å². The number of carbonyl (C=O) groups excluding carboxylic acids is 2. The van der Waals surface area contributed by atoms with Gasteiger partial charge in [-0.2, -0.15) is 5.26 Å². The summed E-state index contributed by atoms with van der Waals surface area (Å²) in [5.41, 5.74) is 0.215. The molecule has 0 radical (unpaired) electrons. The monoisotopic (exact) mass is 285 g/mol. The van der Waals surface area contributed by atoms with Gasteiger partial charge in [-0.15, -0.1) is 0 Å². The molecule has 6 heteroatoms. The van der Waals surface area contributed by atoms with Crippen LogP contribution in [0.4, 0.5) is 0 Å². The quantitative estimate of drug-likeness (QED) is 0.489. The summed E-state index contributed by atoms with van der Waals surface area (Å²) < 4.78 is 15.1. The molecular formula is C15H11NO5. The molecule has 0 amide bonds. The van der Waals surface area contributed by atoms with Crippen molar-refractivity contribution in [2.24, 2.45) is 0 Å². The van der Waals surface area contributed by atoms with E-state index >= 15 is 0 Å². The molecule has 0 N–H and O–H groups in total. The van der Waals surface area contributed by atoms with Crippen molar-refractivity contribution in [1.29, 1.82) is 5.26 Å². The lowest BCUT2D eigenvalue weighted by atomic mass is 10.2. The molecule has 2 aromatic rings. The number of para-hydroxylation sites is 1. The van der Waals surface area contributed by atoms with Gasteiger partial charge >= 0.3 is 11.9 Å². The number of esters is 2. The van der Waals surface area contributed by atoms with Gasteiger partial charge in [0.15, 0.2) is 11.5 Å². The minimum atomic E-state index is -0.799. The van der Waals surface area contributed by atoms with E-state index < -0.39 is 11.9 Å². The van der Waals surface area contributed by atoms with Gasteiger partial charge in [-0.25, -0.2) is 4.79 Å². The van der Waals surface area contributed by atoms with Gasteiger partial charge in [0.2, 0.25) is 0 Å². The first-order valence-corrected chi connectivity index (χ1v) is 5.97. The number of hydrogen-bond acceptors (Lipinski definition) is 6. The molecule has 0 saturated heterocycles. The van der Waals surface area contributed by atoms with Crippen LogP contribution in [0.1, 0.15) is 12.7 Å². The maximum atomic E-state index is 11.4. The molecule has 0 aliphatic rings. The van der Waals surface area contributed by atoms with Crippen LogP contribution in [-0.4, -0.2) is 19.0 Å². The lowest BCUT2D eigenvalue weighted by Crippen LogP contribution is -2.04. The highest BCUT2D eigenvalue weighted by atomic mass is 16.5. The zero-order valence-electron chi connectivity index (χ0n) is 11.4. The fourth-order valence-electron chi connectivity index (χ4n) is 1.76. The molecule has 1 aromatic heterocycles. The Morgan fingerprint density at radius 1 is 1.33 bits per heavy atom. The highest BCUT2D eigenvalue weighted by Gasteiger charge is 2.18. The fourth-order valence-corrected chi connectivity index (χ4v) is 1.76. The lowest BCUT2D eigenvalue weighted by Gasteiger charge is -2.00. The second-order valence-corrected chi connectivity index (χ2v) is 4.05. The SMILES string of the molecule is COC(=O)/C(C#N)=C/c1oc2ccccc2c1OC(C)=O. The molecule has 6 nitrogen and oxygen atoms in total. The first-order chi connectivity index (χ1) is 10.1. The molecule has 0 saturated carbocycles. The van der Waals surface area contributed by atoms with E-state index in [1.807, 2.05) is 0 Å². The molecule has 1 heterocycles. The lowest BCUT2D eigenvalue weighted by molar-refractivity contribution is -0.135. The van der Waals surface area contributed by atoms with Crippen LogP contribution in [0, 0.1) is 11.3 Å². The molecule has 0 aliphatic carbocycles. The molecule has 2 rings (SSSR count). The maximum absolute atomic E-state index is 11.4. The molecule has 0 aliphatic heterocycles. The van der Waals surface area contributed by atoms with Crippen molar-refractivity contribution in [2.75, 3.05) is 7.11 Å². The minimum Gasteiger partial charge on any atom is -0.465 e. The topological polar surface area (TPSA) is 89.5 Å². The summed E-state index contributed by atoms with van der Waals surface area (Å²) in [5, 5.41) is 9.54. The second kappa shape index (κ2) is 5.92. The van der Waals surface area contributed by atoms with E-state index in [1.165, 1.54) is 20.1 Å². The largest absolute Gasteiger partial charge is 0.465 e. The number of fused-ring (bicyclic) bond motifs is 1. The molecule has 1 aromatic carbocycles. The Balaban J connectivity index is 2.62. The number of benzene rings is 1. The van der Waals surface area contributed by atoms with E-state index in [-0.39, 0.29) is 17.1 Å². The van der Waals surface area contributed by atoms with E-state index in [0.29, 0.717) is 11.0 Å². The number of nitriles is 1. The van der Waals surface area contributed by atoms with Crippen molar-refractivity contribution in [3.63, 3.8) is 0 Å². The number of hydrogen-bond donors (Lipinski definition) is 0. The maximum Gasteiger partial charge on any atom is 0.348 e. The van der Waals surface area contributed by atoms with Crippen LogP contribution in [0.5, 0.6) is 5.75 Å². The zero-order valence-corrected chi connectivity index (χ0v) is 11.4. The highest BCUT2D eigenvalue weighted by molar-refractivity contribution is 5.99. The van der Waals surface area contributed by atoms with Crippen LogP contribution < -0.4 is 4.74 Å². The third-order valence-corrected chi connectivity index (χ3v) is 2.62. The fraction of sp³-hybridized carbons (Fsp3) is 0.133. The van der Waals surface area contributed by atoms with Gasteiger partial charge in [-0.1, -0.05) is 12.1 Å². The number of ether oxygens (including phenoxy) is 2. The van der Waals surface area contributed by atoms with Crippen molar-refractivity contribution in [2.45, 2.75) is 6.92 Å². The molecule has 0 unspecified atom stereocenters. The molecule has 106 valence electrons. The molecule has 0 atom stereocenters. The molecule has 0 fully saturated rings. The summed E-state index contributed by atoms with van der Waals surface area (Å²) in [6.07, 6.45) is 1.18. The minimum absolute atomic E-state index is 0.105. The van der Waals surface area contributed by atoms with E-state index in [4.69, 9.17) is 14.4 Å². The van der Waals surface area contributed by atoms with Gasteiger partial charge in [0.25, 0.3) is 0 Å². The van der Waals surface area contributed by atoms with Crippen molar-refractivity contribution in [3.8, 4) is 11.8 Å². The van der Waals surface area contributed by atoms with Crippen LogP contribution in [0.2, 0.25) is 0 Å². The molecule has 0 spiro atoms. The molecule has 21 heavy (non-hydrogen) atoms. The van der Waals surface area contributed by atoms with Gasteiger partial charge in [0.05, 0.1) is 12.5 Å². The van der Waals surface area contributed by atoms with E-state index in [9.17, 15) is 9.59 Å².